The molecule has 0 fully saturated rings. The van der Waals surface area contributed by atoms with Crippen LogP contribution in [0.1, 0.15) is 24.2 Å². The van der Waals surface area contributed by atoms with Crippen LogP contribution in [-0.4, -0.2) is 30.3 Å². The van der Waals surface area contributed by atoms with Gasteiger partial charge in [-0.25, -0.2) is 0 Å². The molecule has 0 bridgehead atoms. The molecule has 0 saturated carbocycles. The zero-order valence-electron chi connectivity index (χ0n) is 11.8. The second kappa shape index (κ2) is 7.87. The molecule has 1 aromatic carbocycles. The second-order valence-electron chi connectivity index (χ2n) is 3.91. The fourth-order valence-electron chi connectivity index (χ4n) is 1.53. The number of benzene rings is 1. The van der Waals surface area contributed by atoms with Gasteiger partial charge in [0.25, 0.3) is 11.6 Å². The number of nitrogens with zero attached hydrogens (tertiary/aromatic N) is 1. The number of rotatable bonds is 8. The molecule has 0 saturated heterocycles. The van der Waals surface area contributed by atoms with Crippen molar-refractivity contribution in [2.45, 2.75) is 13.8 Å². The smallest absolute Gasteiger partial charge is 0.340 e. The Labute approximate surface area is 122 Å². The summed E-state index contributed by atoms with van der Waals surface area (Å²) < 4.78 is 22.2. The average molecular weight is 316 g/mol. The normalized spacial score (nSPS) is 11.1. The second-order valence-corrected chi connectivity index (χ2v) is 5.97. The summed E-state index contributed by atoms with van der Waals surface area (Å²) in [6.45, 7) is 3.74. The SMILES string of the molecule is CCOP(=O)(CNC(=O)c1ccc([N+](=O)[O-])cc1)OCC. The molecule has 1 amide bonds. The van der Waals surface area contributed by atoms with E-state index < -0.39 is 18.4 Å². The van der Waals surface area contributed by atoms with E-state index in [4.69, 9.17) is 9.05 Å². The first-order valence-electron chi connectivity index (χ1n) is 6.32. The predicted octanol–water partition coefficient (Wildman–Crippen LogP) is 2.55. The van der Waals surface area contributed by atoms with Crippen molar-refractivity contribution >= 4 is 19.2 Å². The third-order valence-electron chi connectivity index (χ3n) is 2.43. The lowest BCUT2D eigenvalue weighted by Crippen LogP contribution is -2.25. The highest BCUT2D eigenvalue weighted by molar-refractivity contribution is 7.53. The highest BCUT2D eigenvalue weighted by Crippen LogP contribution is 2.46. The lowest BCUT2D eigenvalue weighted by atomic mass is 10.2. The van der Waals surface area contributed by atoms with Crippen LogP contribution in [-0.2, 0) is 13.6 Å². The van der Waals surface area contributed by atoms with Crippen LogP contribution in [0.3, 0.4) is 0 Å². The number of amides is 1. The number of non-ortho nitro benzene ring substituents is 1. The predicted molar refractivity (Wildman–Crippen MR) is 76.3 cm³/mol. The van der Waals surface area contributed by atoms with Crippen molar-refractivity contribution < 1.29 is 23.3 Å². The standard InChI is InChI=1S/C12H17N2O6P/c1-3-19-21(18,20-4-2)9-13-12(15)10-5-7-11(8-6-10)14(16)17/h5-8H,3-4,9H2,1-2H3,(H,13,15). The van der Waals surface area contributed by atoms with Crippen molar-refractivity contribution in [1.82, 2.24) is 5.32 Å². The van der Waals surface area contributed by atoms with Crippen LogP contribution >= 0.6 is 7.60 Å². The molecule has 0 aliphatic carbocycles. The van der Waals surface area contributed by atoms with Gasteiger partial charge >= 0.3 is 7.60 Å². The van der Waals surface area contributed by atoms with Crippen LogP contribution in [0, 0.1) is 10.1 Å². The van der Waals surface area contributed by atoms with Crippen molar-refractivity contribution in [1.29, 1.82) is 0 Å². The molecular formula is C12H17N2O6P. The van der Waals surface area contributed by atoms with Gasteiger partial charge in [-0.2, -0.15) is 0 Å². The van der Waals surface area contributed by atoms with Crippen molar-refractivity contribution in [3.63, 3.8) is 0 Å². The lowest BCUT2D eigenvalue weighted by Gasteiger charge is -2.17. The van der Waals surface area contributed by atoms with Gasteiger partial charge in [-0.3, -0.25) is 19.5 Å². The number of carbonyl (C=O) groups is 1. The molecule has 8 nitrogen and oxygen atoms in total. The maximum absolute atomic E-state index is 12.1. The minimum atomic E-state index is -3.36. The molecular weight excluding hydrogens is 299 g/mol. The Morgan fingerprint density at radius 2 is 1.76 bits per heavy atom. The zero-order chi connectivity index (χ0) is 15.9. The van der Waals surface area contributed by atoms with E-state index in [1.54, 1.807) is 13.8 Å². The van der Waals surface area contributed by atoms with Crippen LogP contribution in [0.2, 0.25) is 0 Å². The number of nitro groups is 1. The zero-order valence-corrected chi connectivity index (χ0v) is 12.7. The molecule has 0 spiro atoms. The Balaban J connectivity index is 2.68. The van der Waals surface area contributed by atoms with E-state index in [-0.39, 0.29) is 30.8 Å². The summed E-state index contributed by atoms with van der Waals surface area (Å²) in [5.41, 5.74) is 0.112. The highest BCUT2D eigenvalue weighted by Gasteiger charge is 2.24. The van der Waals surface area contributed by atoms with Gasteiger partial charge in [0, 0.05) is 17.7 Å². The first-order chi connectivity index (χ1) is 9.91. The van der Waals surface area contributed by atoms with E-state index in [0.717, 1.165) is 0 Å². The van der Waals surface area contributed by atoms with E-state index in [1.165, 1.54) is 24.3 Å². The summed E-state index contributed by atoms with van der Waals surface area (Å²) >= 11 is 0. The molecule has 116 valence electrons. The van der Waals surface area contributed by atoms with E-state index in [0.29, 0.717) is 0 Å². The molecule has 21 heavy (non-hydrogen) atoms. The van der Waals surface area contributed by atoms with Gasteiger partial charge in [-0.05, 0) is 26.0 Å². The fourth-order valence-corrected chi connectivity index (χ4v) is 2.91. The Kier molecular flexibility index (Phi) is 6.48. The van der Waals surface area contributed by atoms with Crippen molar-refractivity contribution in [2.75, 3.05) is 19.5 Å². The quantitative estimate of drug-likeness (QED) is 0.448. The van der Waals surface area contributed by atoms with Gasteiger partial charge in [-0.15, -0.1) is 0 Å². The van der Waals surface area contributed by atoms with Gasteiger partial charge in [0.1, 0.15) is 6.29 Å². The summed E-state index contributed by atoms with van der Waals surface area (Å²) in [5, 5.41) is 13.0. The maximum Gasteiger partial charge on any atom is 0.349 e. The Bertz CT molecular complexity index is 535. The van der Waals surface area contributed by atoms with E-state index in [2.05, 4.69) is 5.32 Å². The number of carbonyl (C=O) groups excluding carboxylic acids is 1. The van der Waals surface area contributed by atoms with Gasteiger partial charge in [0.15, 0.2) is 0 Å². The van der Waals surface area contributed by atoms with Crippen LogP contribution in [0.5, 0.6) is 0 Å². The molecule has 0 heterocycles. The molecule has 1 aromatic rings. The minimum Gasteiger partial charge on any atom is -0.340 e. The third kappa shape index (κ3) is 5.26. The average Bonchev–Trinajstić information content (AvgIpc) is 2.45. The lowest BCUT2D eigenvalue weighted by molar-refractivity contribution is -0.384. The van der Waals surface area contributed by atoms with Crippen molar-refractivity contribution in [3.05, 3.63) is 39.9 Å². The molecule has 0 unspecified atom stereocenters. The topological polar surface area (TPSA) is 108 Å². The molecule has 0 aromatic heterocycles. The largest absolute Gasteiger partial charge is 0.349 e. The van der Waals surface area contributed by atoms with E-state index in [9.17, 15) is 19.5 Å². The summed E-state index contributed by atoms with van der Waals surface area (Å²) in [4.78, 5) is 21.8. The third-order valence-corrected chi connectivity index (χ3v) is 4.27. The molecule has 1 rings (SSSR count). The molecule has 0 atom stereocenters. The molecule has 1 N–H and O–H groups in total. The number of hydrogen-bond acceptors (Lipinski definition) is 6. The van der Waals surface area contributed by atoms with Crippen LogP contribution in [0.15, 0.2) is 24.3 Å². The molecule has 0 aliphatic heterocycles. The summed E-state index contributed by atoms with van der Waals surface area (Å²) in [6.07, 6.45) is -0.259. The first-order valence-corrected chi connectivity index (χ1v) is 8.05. The van der Waals surface area contributed by atoms with Gasteiger partial charge < -0.3 is 14.4 Å². The number of nitrogens with one attached hydrogen (secondary N) is 1. The number of nitro benzene ring substituents is 1. The molecule has 9 heteroatoms. The fraction of sp³-hybridized carbons (Fsp3) is 0.417. The van der Waals surface area contributed by atoms with Crippen LogP contribution in [0.25, 0.3) is 0 Å². The summed E-state index contributed by atoms with van der Waals surface area (Å²) in [5.74, 6) is -0.510. The Hall–Kier alpha value is -1.76. The van der Waals surface area contributed by atoms with Gasteiger partial charge in [-0.1, -0.05) is 0 Å². The van der Waals surface area contributed by atoms with E-state index >= 15 is 0 Å². The van der Waals surface area contributed by atoms with Crippen LogP contribution < -0.4 is 5.32 Å². The van der Waals surface area contributed by atoms with Crippen molar-refractivity contribution in [2.24, 2.45) is 0 Å². The number of hydrogen-bond donors (Lipinski definition) is 1. The molecule has 0 radical (unpaired) electrons. The maximum atomic E-state index is 12.1. The summed E-state index contributed by atoms with van der Waals surface area (Å²) in [7, 11) is -3.36. The summed E-state index contributed by atoms with van der Waals surface area (Å²) in [6, 6.07) is 5.08. The minimum absolute atomic E-state index is 0.110. The molecule has 0 aliphatic rings. The monoisotopic (exact) mass is 316 g/mol. The Morgan fingerprint density at radius 1 is 1.24 bits per heavy atom. The van der Waals surface area contributed by atoms with Gasteiger partial charge in [0.05, 0.1) is 18.1 Å². The Morgan fingerprint density at radius 3 is 2.19 bits per heavy atom. The van der Waals surface area contributed by atoms with E-state index in [1.807, 2.05) is 0 Å². The van der Waals surface area contributed by atoms with Crippen molar-refractivity contribution in [3.8, 4) is 0 Å². The first kappa shape index (κ1) is 17.3. The van der Waals surface area contributed by atoms with Crippen LogP contribution in [0.4, 0.5) is 5.69 Å². The highest BCUT2D eigenvalue weighted by atomic mass is 31.2. The van der Waals surface area contributed by atoms with Gasteiger partial charge in [0.2, 0.25) is 0 Å².